The topological polar surface area (TPSA) is 109 Å². The van der Waals surface area contributed by atoms with Crippen molar-refractivity contribution in [2.75, 3.05) is 32.1 Å². The van der Waals surface area contributed by atoms with Gasteiger partial charge in [0.25, 0.3) is 0 Å². The molecule has 2 heterocycles. The van der Waals surface area contributed by atoms with Gasteiger partial charge >= 0.3 is 5.97 Å². The first-order valence-corrected chi connectivity index (χ1v) is 10.5. The molecule has 4 rings (SSSR count). The number of likely N-dealkylation sites (N-methyl/N-ethyl adjacent to an activating group) is 1. The van der Waals surface area contributed by atoms with E-state index in [0.29, 0.717) is 30.2 Å². The lowest BCUT2D eigenvalue weighted by atomic mass is 10.2. The number of nitrogens with zero attached hydrogens (tertiary/aromatic N) is 3. The van der Waals surface area contributed by atoms with Gasteiger partial charge in [0.05, 0.1) is 19.8 Å². The van der Waals surface area contributed by atoms with E-state index in [0.717, 1.165) is 32.4 Å². The van der Waals surface area contributed by atoms with Gasteiger partial charge in [0, 0.05) is 17.8 Å². The van der Waals surface area contributed by atoms with Gasteiger partial charge < -0.3 is 14.8 Å². The van der Waals surface area contributed by atoms with Crippen LogP contribution in [0.2, 0.25) is 0 Å². The van der Waals surface area contributed by atoms with Crippen molar-refractivity contribution in [1.82, 2.24) is 15.5 Å². The predicted octanol–water partition coefficient (Wildman–Crippen LogP) is 1.38. The second-order valence-electron chi connectivity index (χ2n) is 7.81. The van der Waals surface area contributed by atoms with Crippen molar-refractivity contribution < 1.29 is 13.9 Å². The Labute approximate surface area is 175 Å². The number of methoxy groups -OCH3 is 1. The Bertz CT molecular complexity index is 829. The van der Waals surface area contributed by atoms with Crippen molar-refractivity contribution in [3.8, 4) is 5.75 Å². The zero-order valence-electron chi connectivity index (χ0n) is 17.4. The highest BCUT2D eigenvalue weighted by atomic mass is 19.1. The summed E-state index contributed by atoms with van der Waals surface area (Å²) in [5, 5.41) is 9.21. The SMILES string of the molecule is CCN1CCCC1CN=C1NC(Nc2ccc(OC)c(F)c2)=NC(N)(OC2CC2)N1. The van der Waals surface area contributed by atoms with Crippen molar-refractivity contribution in [3.05, 3.63) is 24.0 Å². The molecule has 1 aromatic carbocycles. The average molecular weight is 420 g/mol. The number of likely N-dealkylation sites (tertiary alicyclic amines) is 1. The molecule has 2 fully saturated rings. The number of ether oxygens (including phenoxy) is 2. The number of halogens is 1. The van der Waals surface area contributed by atoms with E-state index in [2.05, 4.69) is 32.8 Å². The number of guanidine groups is 2. The predicted molar refractivity (Wildman–Crippen MR) is 114 cm³/mol. The van der Waals surface area contributed by atoms with Crippen LogP contribution in [0, 0.1) is 5.82 Å². The van der Waals surface area contributed by atoms with Crippen molar-refractivity contribution >= 4 is 17.6 Å². The number of hydrogen-bond acceptors (Lipinski definition) is 7. The van der Waals surface area contributed by atoms with E-state index >= 15 is 0 Å². The quantitative estimate of drug-likeness (QED) is 0.495. The van der Waals surface area contributed by atoms with Gasteiger partial charge in [-0.15, -0.1) is 0 Å². The fourth-order valence-electron chi connectivity index (χ4n) is 3.76. The first-order valence-electron chi connectivity index (χ1n) is 10.5. The zero-order chi connectivity index (χ0) is 21.1. The van der Waals surface area contributed by atoms with Gasteiger partial charge in [-0.3, -0.25) is 26.3 Å². The summed E-state index contributed by atoms with van der Waals surface area (Å²) in [6.07, 6.45) is 4.30. The molecule has 0 aromatic heterocycles. The lowest BCUT2D eigenvalue weighted by Crippen LogP contribution is -2.66. The molecular weight excluding hydrogens is 389 g/mol. The van der Waals surface area contributed by atoms with E-state index in [1.807, 2.05) is 0 Å². The van der Waals surface area contributed by atoms with Crippen LogP contribution in [-0.2, 0) is 4.74 Å². The maximum atomic E-state index is 14.1. The molecule has 0 spiro atoms. The maximum absolute atomic E-state index is 14.1. The summed E-state index contributed by atoms with van der Waals surface area (Å²) in [4.78, 5) is 11.5. The molecule has 2 unspecified atom stereocenters. The van der Waals surface area contributed by atoms with Gasteiger partial charge in [0.1, 0.15) is 0 Å². The molecule has 3 aliphatic rings. The fourth-order valence-corrected chi connectivity index (χ4v) is 3.76. The first-order chi connectivity index (χ1) is 14.5. The normalized spacial score (nSPS) is 28.1. The minimum atomic E-state index is -1.43. The molecule has 0 radical (unpaired) electrons. The highest BCUT2D eigenvalue weighted by Gasteiger charge is 2.38. The van der Waals surface area contributed by atoms with Crippen LogP contribution >= 0.6 is 0 Å². The summed E-state index contributed by atoms with van der Waals surface area (Å²) in [6.45, 7) is 4.93. The molecule has 2 aliphatic heterocycles. The second-order valence-corrected chi connectivity index (χ2v) is 7.81. The number of aliphatic imine (C=N–C) groups is 2. The third-order valence-corrected chi connectivity index (χ3v) is 5.46. The van der Waals surface area contributed by atoms with Gasteiger partial charge in [0.15, 0.2) is 11.6 Å². The fraction of sp³-hybridized carbons (Fsp3) is 0.600. The Hall–Kier alpha value is -2.43. The largest absolute Gasteiger partial charge is 0.494 e. The second kappa shape index (κ2) is 8.75. The molecule has 1 aliphatic carbocycles. The van der Waals surface area contributed by atoms with Crippen molar-refractivity contribution in [2.45, 2.75) is 50.7 Å². The molecule has 0 amide bonds. The Morgan fingerprint density at radius 3 is 2.93 bits per heavy atom. The standard InChI is InChI=1S/C20H30FN7O2/c1-3-28-10-4-5-14(28)12-23-18-25-19(27-20(22,26-18)30-15-7-8-15)24-13-6-9-17(29-2)16(21)11-13/h6,9,11,14-15H,3-5,7-8,10,12,22H2,1-2H3,(H3,23,24,25,26,27). The lowest BCUT2D eigenvalue weighted by Gasteiger charge is -2.33. The smallest absolute Gasteiger partial charge is 0.303 e. The Balaban J connectivity index is 1.50. The minimum Gasteiger partial charge on any atom is -0.494 e. The number of nitrogens with one attached hydrogen (secondary N) is 3. The van der Waals surface area contributed by atoms with Crippen LogP contribution in [0.15, 0.2) is 28.2 Å². The molecular formula is C20H30FN7O2. The van der Waals surface area contributed by atoms with E-state index < -0.39 is 11.8 Å². The third kappa shape index (κ3) is 5.00. The van der Waals surface area contributed by atoms with Crippen LogP contribution in [0.4, 0.5) is 10.1 Å². The van der Waals surface area contributed by atoms with Crippen LogP contribution in [0.5, 0.6) is 5.75 Å². The zero-order valence-corrected chi connectivity index (χ0v) is 17.4. The van der Waals surface area contributed by atoms with E-state index in [9.17, 15) is 4.39 Å². The van der Waals surface area contributed by atoms with Crippen LogP contribution in [0.1, 0.15) is 32.6 Å². The molecule has 5 N–H and O–H groups in total. The van der Waals surface area contributed by atoms with Gasteiger partial charge in [-0.2, -0.15) is 4.99 Å². The van der Waals surface area contributed by atoms with Gasteiger partial charge in [-0.05, 0) is 50.9 Å². The maximum Gasteiger partial charge on any atom is 0.303 e. The van der Waals surface area contributed by atoms with E-state index in [-0.39, 0.29) is 11.9 Å². The summed E-state index contributed by atoms with van der Waals surface area (Å²) in [5.74, 6) is -0.921. The monoisotopic (exact) mass is 419 g/mol. The number of rotatable bonds is 7. The summed E-state index contributed by atoms with van der Waals surface area (Å²) in [7, 11) is 1.43. The lowest BCUT2D eigenvalue weighted by molar-refractivity contribution is -0.0596. The molecule has 1 aromatic rings. The summed E-state index contributed by atoms with van der Waals surface area (Å²) in [6, 6.07) is 4.99. The average Bonchev–Trinajstić information content (AvgIpc) is 3.38. The Morgan fingerprint density at radius 1 is 1.40 bits per heavy atom. The van der Waals surface area contributed by atoms with E-state index in [1.165, 1.54) is 19.6 Å². The number of hydrogen-bond donors (Lipinski definition) is 4. The number of benzene rings is 1. The summed E-state index contributed by atoms with van der Waals surface area (Å²) >= 11 is 0. The third-order valence-electron chi connectivity index (χ3n) is 5.46. The van der Waals surface area contributed by atoms with Crippen LogP contribution in [0.3, 0.4) is 0 Å². The number of nitrogens with two attached hydrogens (primary N) is 1. The highest BCUT2D eigenvalue weighted by Crippen LogP contribution is 2.28. The molecule has 164 valence electrons. The molecule has 1 saturated carbocycles. The van der Waals surface area contributed by atoms with Crippen molar-refractivity contribution in [1.29, 1.82) is 0 Å². The van der Waals surface area contributed by atoms with Crippen LogP contribution in [0.25, 0.3) is 0 Å². The van der Waals surface area contributed by atoms with Crippen molar-refractivity contribution in [3.63, 3.8) is 0 Å². The highest BCUT2D eigenvalue weighted by molar-refractivity contribution is 6.07. The molecule has 2 atom stereocenters. The van der Waals surface area contributed by atoms with E-state index in [1.54, 1.807) is 12.1 Å². The first kappa shape index (κ1) is 20.8. The Morgan fingerprint density at radius 2 is 2.23 bits per heavy atom. The van der Waals surface area contributed by atoms with Gasteiger partial charge in [0.2, 0.25) is 11.9 Å². The van der Waals surface area contributed by atoms with Gasteiger partial charge in [-0.1, -0.05) is 6.92 Å². The molecule has 1 saturated heterocycles. The molecule has 0 bridgehead atoms. The van der Waals surface area contributed by atoms with Crippen LogP contribution < -0.4 is 26.4 Å². The minimum absolute atomic E-state index is 0.0793. The van der Waals surface area contributed by atoms with Gasteiger partial charge in [-0.25, -0.2) is 4.39 Å². The van der Waals surface area contributed by atoms with E-state index in [4.69, 9.17) is 20.2 Å². The molecule has 9 nitrogen and oxygen atoms in total. The number of anilines is 1. The molecule has 30 heavy (non-hydrogen) atoms. The molecule has 10 heteroatoms. The Kier molecular flexibility index (Phi) is 6.07. The van der Waals surface area contributed by atoms with Crippen molar-refractivity contribution in [2.24, 2.45) is 15.7 Å². The van der Waals surface area contributed by atoms with Crippen LogP contribution in [-0.4, -0.2) is 61.7 Å². The summed E-state index contributed by atoms with van der Waals surface area (Å²) < 4.78 is 24.9. The summed E-state index contributed by atoms with van der Waals surface area (Å²) in [5.41, 5.74) is 6.86.